The summed E-state index contributed by atoms with van der Waals surface area (Å²) in [6.07, 6.45) is -0.563. The maximum absolute atomic E-state index is 12.9. The van der Waals surface area contributed by atoms with Crippen LogP contribution >= 0.6 is 0 Å². The van der Waals surface area contributed by atoms with E-state index >= 15 is 0 Å². The Morgan fingerprint density at radius 2 is 2.00 bits per heavy atom. The number of benzene rings is 1. The molecular weight excluding hydrogens is 298 g/mol. The van der Waals surface area contributed by atoms with Crippen LogP contribution in [0.1, 0.15) is 26.3 Å². The molecule has 1 aromatic carbocycles. The molecule has 0 spiro atoms. The number of rotatable bonds is 1. The van der Waals surface area contributed by atoms with Gasteiger partial charge in [0.05, 0.1) is 13.1 Å². The Morgan fingerprint density at radius 3 is 2.59 bits per heavy atom. The van der Waals surface area contributed by atoms with Gasteiger partial charge in [0.2, 0.25) is 0 Å². The van der Waals surface area contributed by atoms with Gasteiger partial charge in [-0.25, -0.2) is 4.79 Å². The molecule has 22 heavy (non-hydrogen) atoms. The number of nitrogens with zero attached hydrogens (tertiary/aromatic N) is 1. The van der Waals surface area contributed by atoms with E-state index in [2.05, 4.69) is 0 Å². The maximum atomic E-state index is 12.9. The quantitative estimate of drug-likeness (QED) is 0.748. The van der Waals surface area contributed by atoms with Crippen LogP contribution in [-0.4, -0.2) is 36.7 Å². The van der Waals surface area contributed by atoms with E-state index in [1.807, 2.05) is 0 Å². The number of ether oxygens (including phenoxy) is 2. The van der Waals surface area contributed by atoms with Gasteiger partial charge in [0.15, 0.2) is 0 Å². The zero-order valence-corrected chi connectivity index (χ0v) is 12.7. The average molecular weight is 316 g/mol. The van der Waals surface area contributed by atoms with Gasteiger partial charge < -0.3 is 27.3 Å². The summed E-state index contributed by atoms with van der Waals surface area (Å²) in [5.41, 5.74) is -1.03. The number of amides is 1. The van der Waals surface area contributed by atoms with Crippen LogP contribution in [0.15, 0.2) is 18.2 Å². The molecule has 0 radical (unpaired) electrons. The zero-order chi connectivity index (χ0) is 16.5. The lowest BCUT2D eigenvalue weighted by Crippen LogP contribution is -2.38. The van der Waals surface area contributed by atoms with Gasteiger partial charge in [-0.2, -0.15) is 0 Å². The SMILES string of the molecule is CC(C)(C)OC(=O)N1CCOc2ccc([B-](F)(F)F)cc2C1. The summed E-state index contributed by atoms with van der Waals surface area (Å²) in [6, 6.07) is 3.35. The molecule has 0 saturated heterocycles. The van der Waals surface area contributed by atoms with Crippen molar-refractivity contribution < 1.29 is 27.2 Å². The summed E-state index contributed by atoms with van der Waals surface area (Å²) in [5.74, 6) is 0.370. The van der Waals surface area contributed by atoms with Gasteiger partial charge in [-0.1, -0.05) is 12.1 Å². The summed E-state index contributed by atoms with van der Waals surface area (Å²) in [5, 5.41) is 0. The molecular formula is C14H18BF3NO3-. The van der Waals surface area contributed by atoms with Crippen molar-refractivity contribution in [3.63, 3.8) is 0 Å². The molecule has 0 N–H and O–H groups in total. The standard InChI is InChI=1S/C14H18BF3NO3/c1-14(2,3)22-13(20)19-6-7-21-12-5-4-11(15(16,17)18)8-10(12)9-19/h4-5,8H,6-7,9H2,1-3H3/q-1. The van der Waals surface area contributed by atoms with Crippen molar-refractivity contribution in [3.8, 4) is 5.75 Å². The highest BCUT2D eigenvalue weighted by atomic mass is 19.4. The molecule has 2 rings (SSSR count). The van der Waals surface area contributed by atoms with Crippen molar-refractivity contribution in [1.29, 1.82) is 0 Å². The van der Waals surface area contributed by atoms with Crippen molar-refractivity contribution in [3.05, 3.63) is 23.8 Å². The van der Waals surface area contributed by atoms with Crippen LogP contribution in [0.2, 0.25) is 0 Å². The molecule has 1 aliphatic rings. The summed E-state index contributed by atoms with van der Waals surface area (Å²) in [7, 11) is 0. The molecule has 1 aromatic rings. The molecule has 4 nitrogen and oxygen atoms in total. The Balaban J connectivity index is 2.23. The highest BCUT2D eigenvalue weighted by molar-refractivity contribution is 6.73. The van der Waals surface area contributed by atoms with Gasteiger partial charge in [-0.3, -0.25) is 0 Å². The van der Waals surface area contributed by atoms with Crippen LogP contribution in [0.25, 0.3) is 0 Å². The molecule has 0 unspecified atom stereocenters. The highest BCUT2D eigenvalue weighted by Crippen LogP contribution is 2.24. The molecule has 122 valence electrons. The van der Waals surface area contributed by atoms with E-state index in [0.29, 0.717) is 11.3 Å². The number of carbonyl (C=O) groups is 1. The van der Waals surface area contributed by atoms with E-state index in [1.165, 1.54) is 11.0 Å². The molecule has 0 aliphatic carbocycles. The molecule has 0 fully saturated rings. The molecule has 1 amide bonds. The van der Waals surface area contributed by atoms with Crippen LogP contribution in [-0.2, 0) is 11.3 Å². The number of halogens is 3. The van der Waals surface area contributed by atoms with E-state index in [-0.39, 0.29) is 19.7 Å². The number of fused-ring (bicyclic) bond motifs is 1. The largest absolute Gasteiger partial charge is 0.509 e. The first-order chi connectivity index (χ1) is 10.1. The lowest BCUT2D eigenvalue weighted by molar-refractivity contribution is 0.0225. The van der Waals surface area contributed by atoms with E-state index in [1.54, 1.807) is 20.8 Å². The lowest BCUT2D eigenvalue weighted by Gasteiger charge is -2.26. The average Bonchev–Trinajstić information content (AvgIpc) is 2.56. The van der Waals surface area contributed by atoms with Gasteiger partial charge in [-0.05, 0) is 26.8 Å². The Morgan fingerprint density at radius 1 is 1.32 bits per heavy atom. The normalized spacial score (nSPS) is 15.6. The van der Waals surface area contributed by atoms with Crippen molar-refractivity contribution >= 4 is 18.5 Å². The Hall–Kier alpha value is -1.86. The second kappa shape index (κ2) is 5.74. The first kappa shape index (κ1) is 16.5. The van der Waals surface area contributed by atoms with Gasteiger partial charge in [0.25, 0.3) is 0 Å². The summed E-state index contributed by atoms with van der Waals surface area (Å²) < 4.78 is 49.2. The molecule has 0 saturated carbocycles. The lowest BCUT2D eigenvalue weighted by atomic mass is 9.79. The Labute approximate surface area is 127 Å². The topological polar surface area (TPSA) is 38.8 Å². The van der Waals surface area contributed by atoms with Crippen molar-refractivity contribution in [1.82, 2.24) is 4.90 Å². The number of hydrogen-bond donors (Lipinski definition) is 0. The summed E-state index contributed by atoms with van der Waals surface area (Å²) >= 11 is 0. The van der Waals surface area contributed by atoms with Crippen molar-refractivity contribution in [2.24, 2.45) is 0 Å². The molecule has 8 heteroatoms. The first-order valence-corrected chi connectivity index (χ1v) is 7.00. The summed E-state index contributed by atoms with van der Waals surface area (Å²) in [6.45, 7) is 0.617. The van der Waals surface area contributed by atoms with Crippen LogP contribution in [0.4, 0.5) is 17.7 Å². The van der Waals surface area contributed by atoms with E-state index in [4.69, 9.17) is 9.47 Å². The molecule has 1 aliphatic heterocycles. The predicted octanol–water partition coefficient (Wildman–Crippen LogP) is 2.87. The minimum absolute atomic E-state index is 0.0320. The maximum Gasteiger partial charge on any atom is 0.509 e. The van der Waals surface area contributed by atoms with Crippen LogP contribution in [0.3, 0.4) is 0 Å². The third kappa shape index (κ3) is 4.08. The van der Waals surface area contributed by atoms with E-state index in [0.717, 1.165) is 12.1 Å². The fraction of sp³-hybridized carbons (Fsp3) is 0.500. The zero-order valence-electron chi connectivity index (χ0n) is 12.7. The highest BCUT2D eigenvalue weighted by Gasteiger charge is 2.29. The molecule has 0 bridgehead atoms. The van der Waals surface area contributed by atoms with Crippen LogP contribution in [0.5, 0.6) is 5.75 Å². The van der Waals surface area contributed by atoms with Gasteiger partial charge in [-0.15, -0.1) is 5.46 Å². The Bertz CT molecular complexity index is 569. The summed E-state index contributed by atoms with van der Waals surface area (Å²) in [4.78, 5) is 13.4. The fourth-order valence-corrected chi connectivity index (χ4v) is 2.10. The van der Waals surface area contributed by atoms with Gasteiger partial charge in [0, 0.05) is 5.56 Å². The fourth-order valence-electron chi connectivity index (χ4n) is 2.10. The predicted molar refractivity (Wildman–Crippen MR) is 77.3 cm³/mol. The van der Waals surface area contributed by atoms with Crippen molar-refractivity contribution in [2.45, 2.75) is 32.9 Å². The second-order valence-corrected chi connectivity index (χ2v) is 6.19. The first-order valence-electron chi connectivity index (χ1n) is 7.00. The number of hydrogen-bond acceptors (Lipinski definition) is 3. The van der Waals surface area contributed by atoms with E-state index in [9.17, 15) is 17.7 Å². The third-order valence-corrected chi connectivity index (χ3v) is 3.09. The van der Waals surface area contributed by atoms with Crippen molar-refractivity contribution in [2.75, 3.05) is 13.2 Å². The van der Waals surface area contributed by atoms with Gasteiger partial charge >= 0.3 is 13.1 Å². The molecule has 1 heterocycles. The van der Waals surface area contributed by atoms with Gasteiger partial charge in [0.1, 0.15) is 18.0 Å². The van der Waals surface area contributed by atoms with Crippen LogP contribution < -0.4 is 10.2 Å². The molecule has 0 aromatic heterocycles. The minimum atomic E-state index is -5.09. The second-order valence-electron chi connectivity index (χ2n) is 6.19. The smallest absolute Gasteiger partial charge is 0.491 e. The third-order valence-electron chi connectivity index (χ3n) is 3.09. The Kier molecular flexibility index (Phi) is 4.31. The van der Waals surface area contributed by atoms with E-state index < -0.39 is 24.1 Å². The minimum Gasteiger partial charge on any atom is -0.491 e. The monoisotopic (exact) mass is 316 g/mol. The molecule has 0 atom stereocenters. The van der Waals surface area contributed by atoms with Crippen LogP contribution in [0, 0.1) is 0 Å². The number of carbonyl (C=O) groups excluding carboxylic acids is 1.